The molecule has 0 radical (unpaired) electrons. The number of anilines is 2. The summed E-state index contributed by atoms with van der Waals surface area (Å²) < 4.78 is 1.89. The summed E-state index contributed by atoms with van der Waals surface area (Å²) >= 11 is 0. The first kappa shape index (κ1) is 22.3. The van der Waals surface area contributed by atoms with E-state index in [1.807, 2.05) is 17.7 Å². The number of nitrogens with zero attached hydrogens (tertiary/aromatic N) is 3. The number of aromatic nitrogens is 3. The lowest BCUT2D eigenvalue weighted by atomic mass is 10.0. The van der Waals surface area contributed by atoms with Crippen LogP contribution in [0.2, 0.25) is 0 Å². The van der Waals surface area contributed by atoms with Crippen LogP contribution < -0.4 is 16.0 Å². The molecule has 0 fully saturated rings. The molecule has 3 amide bonds. The molecular weight excluding hydrogens is 392 g/mol. The van der Waals surface area contributed by atoms with Crippen molar-refractivity contribution in [1.82, 2.24) is 20.1 Å². The summed E-state index contributed by atoms with van der Waals surface area (Å²) in [5.41, 5.74) is 3.87. The molecule has 1 aromatic carbocycles. The normalized spacial score (nSPS) is 11.6. The molecule has 0 saturated heterocycles. The van der Waals surface area contributed by atoms with E-state index >= 15 is 0 Å². The van der Waals surface area contributed by atoms with Crippen molar-refractivity contribution in [2.75, 3.05) is 17.7 Å². The fourth-order valence-electron chi connectivity index (χ4n) is 3.28. The van der Waals surface area contributed by atoms with Crippen LogP contribution in [-0.2, 0) is 5.54 Å². The van der Waals surface area contributed by atoms with E-state index in [1.54, 1.807) is 31.3 Å². The number of aryl methyl sites for hydroxylation is 1. The Morgan fingerprint density at radius 1 is 1.03 bits per heavy atom. The summed E-state index contributed by atoms with van der Waals surface area (Å²) in [5.74, 6) is -0.0625. The van der Waals surface area contributed by atoms with E-state index in [9.17, 15) is 9.59 Å². The van der Waals surface area contributed by atoms with E-state index in [0.29, 0.717) is 22.6 Å². The lowest BCUT2D eigenvalue weighted by Gasteiger charge is -2.20. The topological polar surface area (TPSA) is 101 Å². The predicted octanol–water partition coefficient (Wildman–Crippen LogP) is 4.62. The van der Waals surface area contributed by atoms with Crippen LogP contribution in [0.1, 0.15) is 62.3 Å². The number of benzene rings is 1. The second-order valence-electron chi connectivity index (χ2n) is 8.85. The molecule has 2 aromatic heterocycles. The molecule has 0 spiro atoms. The number of pyridine rings is 1. The standard InChI is InChI=1S/C23H30N6O2/c1-13(2)18-12-17(19-14(3)28-29(20(19)27-18)23(4,5)6)21(30)25-15-8-10-16(11-9-15)26-22(31)24-7/h8-13H,1-7H3,(H,25,30)(H2,24,26,31). The zero-order chi connectivity index (χ0) is 22.9. The first-order valence-electron chi connectivity index (χ1n) is 10.3. The molecule has 2 heterocycles. The number of fused-ring (bicyclic) bond motifs is 1. The molecule has 0 aliphatic heterocycles. The van der Waals surface area contributed by atoms with E-state index in [4.69, 9.17) is 4.98 Å². The lowest BCUT2D eigenvalue weighted by Crippen LogP contribution is -2.24. The van der Waals surface area contributed by atoms with Crippen molar-refractivity contribution >= 4 is 34.3 Å². The molecule has 3 aromatic rings. The van der Waals surface area contributed by atoms with Crippen LogP contribution in [0.5, 0.6) is 0 Å². The van der Waals surface area contributed by atoms with Gasteiger partial charge in [0.15, 0.2) is 5.65 Å². The van der Waals surface area contributed by atoms with E-state index in [1.165, 1.54) is 0 Å². The minimum absolute atomic E-state index is 0.162. The Balaban J connectivity index is 2.00. The number of amides is 3. The van der Waals surface area contributed by atoms with Gasteiger partial charge in [0.05, 0.1) is 22.2 Å². The highest BCUT2D eigenvalue weighted by Crippen LogP contribution is 2.29. The van der Waals surface area contributed by atoms with Crippen LogP contribution >= 0.6 is 0 Å². The van der Waals surface area contributed by atoms with Crippen molar-refractivity contribution in [2.24, 2.45) is 0 Å². The van der Waals surface area contributed by atoms with Crippen LogP contribution in [0.15, 0.2) is 30.3 Å². The molecule has 0 bridgehead atoms. The third-order valence-corrected chi connectivity index (χ3v) is 4.93. The van der Waals surface area contributed by atoms with Gasteiger partial charge in [0, 0.05) is 24.1 Å². The second kappa shape index (κ2) is 8.37. The first-order chi connectivity index (χ1) is 14.5. The number of carbonyl (C=O) groups excluding carboxylic acids is 2. The van der Waals surface area contributed by atoms with Crippen molar-refractivity contribution in [1.29, 1.82) is 0 Å². The maximum atomic E-state index is 13.3. The van der Waals surface area contributed by atoms with Crippen molar-refractivity contribution in [3.05, 3.63) is 47.3 Å². The highest BCUT2D eigenvalue weighted by atomic mass is 16.2. The van der Waals surface area contributed by atoms with Gasteiger partial charge in [-0.3, -0.25) is 4.79 Å². The molecule has 0 aliphatic carbocycles. The molecule has 0 unspecified atom stereocenters. The number of rotatable bonds is 4. The van der Waals surface area contributed by atoms with E-state index in [0.717, 1.165) is 16.8 Å². The maximum Gasteiger partial charge on any atom is 0.318 e. The first-order valence-corrected chi connectivity index (χ1v) is 10.3. The highest BCUT2D eigenvalue weighted by molar-refractivity contribution is 6.12. The minimum atomic E-state index is -0.302. The largest absolute Gasteiger partial charge is 0.341 e. The van der Waals surface area contributed by atoms with Crippen LogP contribution in [0, 0.1) is 6.92 Å². The molecule has 8 nitrogen and oxygen atoms in total. The Morgan fingerprint density at radius 3 is 2.13 bits per heavy atom. The van der Waals surface area contributed by atoms with Crippen molar-refractivity contribution in [2.45, 2.75) is 53.0 Å². The number of hydrogen-bond acceptors (Lipinski definition) is 4. The fourth-order valence-corrected chi connectivity index (χ4v) is 3.28. The number of hydrogen-bond donors (Lipinski definition) is 3. The molecule has 164 valence electrons. The van der Waals surface area contributed by atoms with Crippen LogP contribution in [0.25, 0.3) is 11.0 Å². The molecular formula is C23H30N6O2. The van der Waals surface area contributed by atoms with Gasteiger partial charge in [-0.15, -0.1) is 0 Å². The number of carbonyl (C=O) groups is 2. The third-order valence-electron chi connectivity index (χ3n) is 4.93. The Labute approximate surface area is 182 Å². The second-order valence-corrected chi connectivity index (χ2v) is 8.85. The Morgan fingerprint density at radius 2 is 1.61 bits per heavy atom. The van der Waals surface area contributed by atoms with Crippen LogP contribution in [-0.4, -0.2) is 33.8 Å². The van der Waals surface area contributed by atoms with Gasteiger partial charge in [0.25, 0.3) is 5.91 Å². The lowest BCUT2D eigenvalue weighted by molar-refractivity contribution is 0.102. The Kier molecular flexibility index (Phi) is 6.01. The van der Waals surface area contributed by atoms with Crippen molar-refractivity contribution in [3.63, 3.8) is 0 Å². The smallest absolute Gasteiger partial charge is 0.318 e. The van der Waals surface area contributed by atoms with Crippen LogP contribution in [0.3, 0.4) is 0 Å². The van der Waals surface area contributed by atoms with E-state index in [-0.39, 0.29) is 23.4 Å². The number of nitrogens with one attached hydrogen (secondary N) is 3. The molecule has 0 saturated carbocycles. The average Bonchev–Trinajstić information content (AvgIpc) is 3.05. The van der Waals surface area contributed by atoms with Gasteiger partial charge in [-0.05, 0) is 63.9 Å². The minimum Gasteiger partial charge on any atom is -0.341 e. The summed E-state index contributed by atoms with van der Waals surface area (Å²) in [5, 5.41) is 13.6. The quantitative estimate of drug-likeness (QED) is 0.571. The molecule has 8 heteroatoms. The van der Waals surface area contributed by atoms with Crippen molar-refractivity contribution in [3.8, 4) is 0 Å². The van der Waals surface area contributed by atoms with Gasteiger partial charge in [-0.2, -0.15) is 5.10 Å². The van der Waals surface area contributed by atoms with Gasteiger partial charge in [0.1, 0.15) is 0 Å². The van der Waals surface area contributed by atoms with Gasteiger partial charge in [-0.25, -0.2) is 14.5 Å². The number of urea groups is 1. The van der Waals surface area contributed by atoms with E-state index in [2.05, 4.69) is 55.7 Å². The maximum absolute atomic E-state index is 13.3. The van der Waals surface area contributed by atoms with Crippen molar-refractivity contribution < 1.29 is 9.59 Å². The van der Waals surface area contributed by atoms with Gasteiger partial charge in [0.2, 0.25) is 0 Å². The van der Waals surface area contributed by atoms with Gasteiger partial charge in [-0.1, -0.05) is 13.8 Å². The third kappa shape index (κ3) is 4.68. The van der Waals surface area contributed by atoms with Crippen LogP contribution in [0.4, 0.5) is 16.2 Å². The summed E-state index contributed by atoms with van der Waals surface area (Å²) in [6.45, 7) is 12.2. The Bertz CT molecular complexity index is 1120. The SMILES string of the molecule is CNC(=O)Nc1ccc(NC(=O)c2cc(C(C)C)nc3c2c(C)nn3C(C)(C)C)cc1. The zero-order valence-electron chi connectivity index (χ0n) is 19.1. The average molecular weight is 423 g/mol. The molecule has 31 heavy (non-hydrogen) atoms. The summed E-state index contributed by atoms with van der Waals surface area (Å²) in [6.07, 6.45) is 0. The highest BCUT2D eigenvalue weighted by Gasteiger charge is 2.25. The predicted molar refractivity (Wildman–Crippen MR) is 124 cm³/mol. The molecule has 3 rings (SSSR count). The fraction of sp³-hybridized carbons (Fsp3) is 0.391. The zero-order valence-corrected chi connectivity index (χ0v) is 19.1. The monoisotopic (exact) mass is 422 g/mol. The molecule has 3 N–H and O–H groups in total. The van der Waals surface area contributed by atoms with Gasteiger partial charge < -0.3 is 16.0 Å². The molecule has 0 aliphatic rings. The molecule has 0 atom stereocenters. The summed E-state index contributed by atoms with van der Waals surface area (Å²) in [4.78, 5) is 29.5. The van der Waals surface area contributed by atoms with Gasteiger partial charge >= 0.3 is 6.03 Å². The summed E-state index contributed by atoms with van der Waals surface area (Å²) in [6, 6.07) is 8.51. The summed E-state index contributed by atoms with van der Waals surface area (Å²) in [7, 11) is 1.55. The Hall–Kier alpha value is -3.42. The van der Waals surface area contributed by atoms with E-state index < -0.39 is 0 Å².